The van der Waals surface area contributed by atoms with E-state index >= 15 is 0 Å². The summed E-state index contributed by atoms with van der Waals surface area (Å²) in [7, 11) is 12.3. The molecule has 4 bridgehead atoms. The average Bonchev–Trinajstić information content (AvgIpc) is 3.81. The molecule has 3 N–H and O–H groups in total. The van der Waals surface area contributed by atoms with Crippen LogP contribution >= 0.6 is 47.3 Å². The highest BCUT2D eigenvalue weighted by atomic mass is 35.5. The number of hydrogen-bond donors (Lipinski definition) is 3. The molecule has 0 spiro atoms. The molecule has 0 saturated carbocycles. The number of ether oxygens (including phenoxy) is 4. The van der Waals surface area contributed by atoms with E-state index in [1.54, 1.807) is 47.0 Å². The van der Waals surface area contributed by atoms with Crippen LogP contribution in [0.25, 0.3) is 0 Å². The number of epoxide rings is 1. The summed E-state index contributed by atoms with van der Waals surface area (Å²) >= 11 is 6.58. The van der Waals surface area contributed by atoms with Gasteiger partial charge in [-0.05, 0) is 51.8 Å². The molecule has 0 aliphatic carbocycles. The number of methoxy groups -OCH3 is 2. The number of ketones is 1. The maximum Gasteiger partial charge on any atom is 0.409 e. The molecule has 0 aromatic heterocycles. The predicted octanol–water partition coefficient (Wildman–Crippen LogP) is 5.25. The van der Waals surface area contributed by atoms with Gasteiger partial charge in [0, 0.05) is 40.0 Å². The van der Waals surface area contributed by atoms with Crippen molar-refractivity contribution >= 4 is 76.7 Å². The van der Waals surface area contributed by atoms with Gasteiger partial charge in [0.25, 0.3) is 0 Å². The Labute approximate surface area is 334 Å². The number of Topliss-reactive ketones (excluding diaryl/α,β-unsaturated/α-hetero) is 1. The molecule has 0 radical (unpaired) electrons. The molecule has 3 amide bonds. The van der Waals surface area contributed by atoms with Gasteiger partial charge in [0.05, 0.1) is 37.5 Å². The molecule has 3 aliphatic heterocycles. The maximum atomic E-state index is 13.3. The van der Waals surface area contributed by atoms with Gasteiger partial charge < -0.3 is 39.0 Å². The van der Waals surface area contributed by atoms with Crippen LogP contribution in [0.4, 0.5) is 10.5 Å². The van der Waals surface area contributed by atoms with Crippen molar-refractivity contribution in [1.29, 1.82) is 0 Å². The van der Waals surface area contributed by atoms with Crippen molar-refractivity contribution in [2.24, 2.45) is 5.92 Å². The van der Waals surface area contributed by atoms with Gasteiger partial charge in [0.1, 0.15) is 28.6 Å². The highest BCUT2D eigenvalue weighted by molar-refractivity contribution is 8.33. The second-order valence-electron chi connectivity index (χ2n) is 13.6. The van der Waals surface area contributed by atoms with Gasteiger partial charge in [0.2, 0.25) is 11.8 Å². The van der Waals surface area contributed by atoms with E-state index in [1.165, 1.54) is 30.9 Å². The van der Waals surface area contributed by atoms with Crippen molar-refractivity contribution in [2.75, 3.05) is 33.2 Å². The lowest BCUT2D eigenvalue weighted by molar-refractivity contribution is -0.142. The van der Waals surface area contributed by atoms with Crippen molar-refractivity contribution in [3.05, 3.63) is 46.5 Å². The Morgan fingerprint density at radius 3 is 2.41 bits per heavy atom. The van der Waals surface area contributed by atoms with E-state index in [0.29, 0.717) is 24.3 Å². The third-order valence-electron chi connectivity index (χ3n) is 9.85. The number of carbonyl (C=O) groups is 4. The molecule has 54 heavy (non-hydrogen) atoms. The first kappa shape index (κ1) is 50.2. The number of rotatable bonds is 5. The van der Waals surface area contributed by atoms with E-state index in [0.717, 1.165) is 19.1 Å². The number of benzene rings is 1. The number of carbonyl (C=O) groups excluding carboxylic acids is 4. The van der Waals surface area contributed by atoms with Crippen molar-refractivity contribution in [3.8, 4) is 5.75 Å². The van der Waals surface area contributed by atoms with E-state index in [4.69, 9.17) is 30.5 Å². The number of anilines is 1. The molecule has 306 valence electrons. The number of fused-ring (bicyclic) bond motifs is 5. The summed E-state index contributed by atoms with van der Waals surface area (Å²) in [6.45, 7) is 10.5. The molecule has 1 aromatic rings. The number of hydrogen-bond acceptors (Lipinski definition) is 10. The third-order valence-corrected chi connectivity index (χ3v) is 10.2. The van der Waals surface area contributed by atoms with Crippen LogP contribution in [0.3, 0.4) is 0 Å². The summed E-state index contributed by atoms with van der Waals surface area (Å²) in [6, 6.07) is 3.34. The second kappa shape index (κ2) is 22.2. The lowest BCUT2D eigenvalue weighted by atomic mass is 9.84. The summed E-state index contributed by atoms with van der Waals surface area (Å²) in [6.07, 6.45) is 2.08. The van der Waals surface area contributed by atoms with Crippen LogP contribution in [0.15, 0.2) is 35.9 Å². The Hall–Kier alpha value is -1.77. The summed E-state index contributed by atoms with van der Waals surface area (Å²) in [5.74, 6) is -0.293. The third kappa shape index (κ3) is 12.9. The molecule has 1 aromatic carbocycles. The van der Waals surface area contributed by atoms with Crippen molar-refractivity contribution in [1.82, 2.24) is 10.2 Å². The maximum absolute atomic E-state index is 13.3. The SMILES string of the molecule is CCC(=O)N(C)[C@@H](C)C(C)=O.COc1cc2cc(c1Cl)N(C)C(=O)C[C@H](O)[C@]1(C)O[C@H]1[C@H](C)[C@@H]1C[C@@](O)(NC(=O)O1)[C@H](OC)/C=C/C=C(\C)C2.P.PPP. The van der Waals surface area contributed by atoms with Gasteiger partial charge in [-0.1, -0.05) is 57.2 Å². The van der Waals surface area contributed by atoms with E-state index in [1.807, 2.05) is 32.1 Å². The monoisotopic (exact) mass is 853 g/mol. The standard InChI is InChI=1S/C28H37ClN2O8.C8H15NO2.H5P3.H3P/c1-15-8-7-9-22(37-6)28(35)14-20(38-26(34)30-28)16(2)25-27(3,39-25)21(32)13-23(33)31(4)18-11-17(10-15)12-19(36-5)24(18)29;1-5-8(11)9(4)6(2)7(3)10;1-3-2;/h7-9,11-12,16,20-22,25,32,35H,10,13-14H2,1-6H3,(H,30,34);6H,5H2,1-4H3;3H,1-2H2;1H3/b9-7+,15-8+;;;/t16-,20+,21+,22-,25+,27+,28+;6-;;/m10../s1. The molecular weight excluding hydrogens is 794 g/mol. The van der Waals surface area contributed by atoms with Crippen molar-refractivity contribution in [3.63, 3.8) is 0 Å². The average molecular weight is 854 g/mol. The van der Waals surface area contributed by atoms with Gasteiger partial charge in [-0.25, -0.2) is 4.79 Å². The van der Waals surface area contributed by atoms with Crippen LogP contribution in [-0.2, 0) is 35.0 Å². The zero-order valence-corrected chi connectivity index (χ0v) is 38.5. The first-order valence-electron chi connectivity index (χ1n) is 17.2. The van der Waals surface area contributed by atoms with Crippen LogP contribution in [-0.4, -0.2) is 109 Å². The normalized spacial score (nSPS) is 30.0. The smallest absolute Gasteiger partial charge is 0.409 e. The minimum Gasteiger partial charge on any atom is -0.495 e. The minimum absolute atomic E-state index is 0. The quantitative estimate of drug-likeness (QED) is 0.263. The molecule has 3 heterocycles. The fourth-order valence-electron chi connectivity index (χ4n) is 6.20. The van der Waals surface area contributed by atoms with Gasteiger partial charge >= 0.3 is 6.09 Å². The number of alkyl carbamates (subject to hydrolysis) is 1. The topological polar surface area (TPSA) is 167 Å². The highest BCUT2D eigenvalue weighted by Gasteiger charge is 2.62. The molecule has 13 nitrogen and oxygen atoms in total. The molecule has 18 heteroatoms. The number of aliphatic hydroxyl groups excluding tert-OH is 1. The fourth-order valence-corrected chi connectivity index (χ4v) is 6.51. The molecular formula is C36H60ClN3O10P4. The molecule has 2 fully saturated rings. The summed E-state index contributed by atoms with van der Waals surface area (Å²) < 4.78 is 22.4. The lowest BCUT2D eigenvalue weighted by Crippen LogP contribution is -2.63. The van der Waals surface area contributed by atoms with E-state index in [9.17, 15) is 29.4 Å². The Morgan fingerprint density at radius 1 is 1.26 bits per heavy atom. The predicted molar refractivity (Wildman–Crippen MR) is 227 cm³/mol. The van der Waals surface area contributed by atoms with Crippen LogP contribution in [0, 0.1) is 5.92 Å². The van der Waals surface area contributed by atoms with Crippen LogP contribution in [0.2, 0.25) is 5.02 Å². The van der Waals surface area contributed by atoms with Crippen LogP contribution in [0.1, 0.15) is 66.4 Å². The number of nitrogens with zero attached hydrogens (tertiary/aromatic N) is 2. The van der Waals surface area contributed by atoms with Crippen LogP contribution < -0.4 is 15.0 Å². The van der Waals surface area contributed by atoms with E-state index < -0.39 is 47.8 Å². The largest absolute Gasteiger partial charge is 0.495 e. The molecule has 11 atom stereocenters. The van der Waals surface area contributed by atoms with E-state index in [2.05, 4.69) is 23.2 Å². The first-order chi connectivity index (χ1) is 24.7. The number of nitrogens with one attached hydrogen (secondary N) is 1. The zero-order chi connectivity index (χ0) is 40.4. The number of aliphatic hydroxyl groups is 2. The lowest BCUT2D eigenvalue weighted by Gasteiger charge is -2.42. The fraction of sp³-hybridized carbons (Fsp3) is 0.611. The molecule has 4 rings (SSSR count). The molecule has 3 aliphatic rings. The van der Waals surface area contributed by atoms with Gasteiger partial charge in [-0.2, -0.15) is 9.90 Å². The zero-order valence-electron chi connectivity index (χ0n) is 33.0. The van der Waals surface area contributed by atoms with Gasteiger partial charge in [0.15, 0.2) is 11.5 Å². The van der Waals surface area contributed by atoms with Gasteiger partial charge in [-0.3, -0.25) is 19.7 Å². The van der Waals surface area contributed by atoms with E-state index in [-0.39, 0.29) is 51.4 Å². The molecule has 3 unspecified atom stereocenters. The Kier molecular flexibility index (Phi) is 20.7. The number of amides is 3. The second-order valence-corrected chi connectivity index (χ2v) is 18.3. The summed E-state index contributed by atoms with van der Waals surface area (Å²) in [5, 5.41) is 25.3. The first-order valence-corrected chi connectivity index (χ1v) is 22.2. The Bertz CT molecular complexity index is 1540. The van der Waals surface area contributed by atoms with Crippen molar-refractivity contribution < 1.29 is 48.3 Å². The summed E-state index contributed by atoms with van der Waals surface area (Å²) in [4.78, 5) is 50.5. The Morgan fingerprint density at radius 2 is 1.87 bits per heavy atom. The number of halogens is 1. The Balaban J connectivity index is 0.000000829. The minimum atomic E-state index is -1.73. The summed E-state index contributed by atoms with van der Waals surface area (Å²) in [5.41, 5.74) is -0.479. The van der Waals surface area contributed by atoms with Crippen LogP contribution in [0.5, 0.6) is 5.75 Å². The molecule has 2 saturated heterocycles. The number of likely N-dealkylation sites (N-methyl/N-ethyl adjacent to an activating group) is 1. The highest BCUT2D eigenvalue weighted by Crippen LogP contribution is 2.48. The van der Waals surface area contributed by atoms with Gasteiger partial charge in [-0.15, -0.1) is 17.9 Å². The van der Waals surface area contributed by atoms with Crippen molar-refractivity contribution in [2.45, 2.75) is 109 Å². The number of allylic oxidation sites excluding steroid dienone is 3.